The molecule has 0 saturated heterocycles. The van der Waals surface area contributed by atoms with Gasteiger partial charge in [0.15, 0.2) is 29.0 Å². The Hall–Kier alpha value is -4.34. The molecule has 1 N–H and O–H groups in total. The third kappa shape index (κ3) is 4.18. The van der Waals surface area contributed by atoms with E-state index in [0.29, 0.717) is 40.5 Å². The smallest absolute Gasteiger partial charge is 0.339 e. The van der Waals surface area contributed by atoms with E-state index in [9.17, 15) is 9.59 Å². The first-order chi connectivity index (χ1) is 17.0. The van der Waals surface area contributed by atoms with Crippen molar-refractivity contribution in [2.24, 2.45) is 0 Å². The van der Waals surface area contributed by atoms with Crippen LogP contribution in [0.2, 0.25) is 0 Å². The fraction of sp³-hybridized carbons (Fsp3) is 0.280. The van der Waals surface area contributed by atoms with Crippen LogP contribution in [0.3, 0.4) is 0 Å². The van der Waals surface area contributed by atoms with Crippen molar-refractivity contribution in [3.8, 4) is 23.0 Å². The van der Waals surface area contributed by atoms with Gasteiger partial charge in [0.1, 0.15) is 5.69 Å². The number of aromatic nitrogens is 3. The van der Waals surface area contributed by atoms with E-state index in [4.69, 9.17) is 23.6 Å². The molecule has 4 heterocycles. The van der Waals surface area contributed by atoms with Crippen molar-refractivity contribution in [1.29, 1.82) is 0 Å². The van der Waals surface area contributed by atoms with Crippen molar-refractivity contribution in [2.45, 2.75) is 38.5 Å². The van der Waals surface area contributed by atoms with Crippen LogP contribution in [0.1, 0.15) is 35.7 Å². The van der Waals surface area contributed by atoms with Crippen LogP contribution in [0.5, 0.6) is 11.5 Å². The van der Waals surface area contributed by atoms with Gasteiger partial charge in [-0.1, -0.05) is 6.07 Å². The number of nitrogens with one attached hydrogen (secondary N) is 1. The molecule has 0 spiro atoms. The van der Waals surface area contributed by atoms with Gasteiger partial charge < -0.3 is 23.9 Å². The molecule has 10 nitrogen and oxygen atoms in total. The van der Waals surface area contributed by atoms with Crippen LogP contribution >= 0.6 is 0 Å². The van der Waals surface area contributed by atoms with Crippen LogP contribution in [0.25, 0.3) is 22.5 Å². The minimum atomic E-state index is -0.929. The molecule has 1 aliphatic heterocycles. The maximum atomic E-state index is 13.2. The Balaban J connectivity index is 1.34. The van der Waals surface area contributed by atoms with E-state index in [1.54, 1.807) is 36.0 Å². The summed E-state index contributed by atoms with van der Waals surface area (Å²) in [5.74, 6) is 0.923. The molecule has 0 radical (unpaired) electrons. The summed E-state index contributed by atoms with van der Waals surface area (Å²) in [4.78, 5) is 30.2. The Bertz CT molecular complexity index is 1420. The molecule has 1 aromatic carbocycles. The molecule has 10 heteroatoms. The maximum absolute atomic E-state index is 13.2. The highest BCUT2D eigenvalue weighted by atomic mass is 16.7. The number of rotatable bonds is 7. The third-order valence-electron chi connectivity index (χ3n) is 5.95. The molecule has 178 valence electrons. The van der Waals surface area contributed by atoms with Gasteiger partial charge >= 0.3 is 5.97 Å². The van der Waals surface area contributed by atoms with Crippen molar-refractivity contribution in [1.82, 2.24) is 20.1 Å². The first-order valence-corrected chi connectivity index (χ1v) is 11.4. The molecule has 1 fully saturated rings. The average molecular weight is 474 g/mol. The topological polar surface area (TPSA) is 118 Å². The Kier molecular flexibility index (Phi) is 5.13. The molecular formula is C25H22N4O6. The summed E-state index contributed by atoms with van der Waals surface area (Å²) < 4.78 is 23.6. The average Bonchev–Trinajstić information content (AvgIpc) is 3.24. The van der Waals surface area contributed by atoms with Gasteiger partial charge in [-0.15, -0.1) is 0 Å². The Morgan fingerprint density at radius 2 is 2.06 bits per heavy atom. The fourth-order valence-electron chi connectivity index (χ4n) is 3.92. The highest BCUT2D eigenvalue weighted by molar-refractivity contribution is 6.04. The summed E-state index contributed by atoms with van der Waals surface area (Å²) in [7, 11) is 0. The quantitative estimate of drug-likeness (QED) is 0.406. The largest absolute Gasteiger partial charge is 0.463 e. The summed E-state index contributed by atoms with van der Waals surface area (Å²) in [5, 5.41) is 7.84. The van der Waals surface area contributed by atoms with Crippen LogP contribution < -0.4 is 14.8 Å². The number of furan rings is 1. The zero-order valence-electron chi connectivity index (χ0n) is 18.9. The van der Waals surface area contributed by atoms with Crippen molar-refractivity contribution in [3.05, 3.63) is 60.0 Å². The van der Waals surface area contributed by atoms with Crippen LogP contribution in [-0.2, 0) is 16.1 Å². The monoisotopic (exact) mass is 474 g/mol. The van der Waals surface area contributed by atoms with E-state index in [1.807, 2.05) is 18.2 Å². The number of pyridine rings is 1. The highest BCUT2D eigenvalue weighted by Crippen LogP contribution is 2.33. The minimum Gasteiger partial charge on any atom is -0.463 e. The van der Waals surface area contributed by atoms with E-state index >= 15 is 0 Å². The Morgan fingerprint density at radius 1 is 1.20 bits per heavy atom. The first kappa shape index (κ1) is 21.2. The van der Waals surface area contributed by atoms with Gasteiger partial charge in [0.25, 0.3) is 5.91 Å². The van der Waals surface area contributed by atoms with Crippen molar-refractivity contribution in [2.75, 3.05) is 6.79 Å². The molecule has 3 aromatic heterocycles. The normalized spacial score (nSPS) is 15.2. The molecule has 4 aromatic rings. The second kappa shape index (κ2) is 8.46. The molecule has 2 aliphatic rings. The summed E-state index contributed by atoms with van der Waals surface area (Å²) in [6.07, 6.45) is 4.08. The molecule has 0 bridgehead atoms. The van der Waals surface area contributed by atoms with E-state index in [1.165, 1.54) is 6.26 Å². The molecule has 1 atom stereocenters. The lowest BCUT2D eigenvalue weighted by atomic mass is 10.1. The van der Waals surface area contributed by atoms with Crippen molar-refractivity contribution >= 4 is 22.9 Å². The zero-order chi connectivity index (χ0) is 23.9. The lowest BCUT2D eigenvalue weighted by molar-refractivity contribution is -0.129. The van der Waals surface area contributed by atoms with Gasteiger partial charge in [-0.25, -0.2) is 14.5 Å². The number of amides is 1. The molecular weight excluding hydrogens is 452 g/mol. The third-order valence-corrected chi connectivity index (χ3v) is 5.95. The number of nitrogens with zero attached hydrogens (tertiary/aromatic N) is 3. The number of ether oxygens (including phenoxy) is 3. The minimum absolute atomic E-state index is 0.177. The molecule has 6 rings (SSSR count). The molecule has 0 unspecified atom stereocenters. The number of esters is 1. The van der Waals surface area contributed by atoms with E-state index in [-0.39, 0.29) is 24.3 Å². The van der Waals surface area contributed by atoms with Gasteiger partial charge in [0, 0.05) is 6.04 Å². The fourth-order valence-corrected chi connectivity index (χ4v) is 3.92. The second-order valence-corrected chi connectivity index (χ2v) is 8.59. The van der Waals surface area contributed by atoms with Gasteiger partial charge in [-0.2, -0.15) is 5.10 Å². The zero-order valence-corrected chi connectivity index (χ0v) is 18.9. The number of carbonyl (C=O) groups excluding carboxylic acids is 2. The Morgan fingerprint density at radius 3 is 2.86 bits per heavy atom. The van der Waals surface area contributed by atoms with Crippen LogP contribution in [0, 0.1) is 0 Å². The molecule has 1 saturated carbocycles. The SMILES string of the molecule is C[C@H](OC(=O)c1cc(-c2ccco2)nc2c1cnn2Cc1ccc2c(c1)OCO2)C(=O)NC1CC1. The number of benzene rings is 1. The molecule has 1 aliphatic carbocycles. The van der Waals surface area contributed by atoms with E-state index in [2.05, 4.69) is 10.4 Å². The first-order valence-electron chi connectivity index (χ1n) is 11.4. The highest BCUT2D eigenvalue weighted by Gasteiger charge is 2.28. The number of carbonyl (C=O) groups is 2. The van der Waals surface area contributed by atoms with Gasteiger partial charge in [-0.05, 0) is 55.7 Å². The van der Waals surface area contributed by atoms with Crippen molar-refractivity contribution in [3.63, 3.8) is 0 Å². The lowest BCUT2D eigenvalue weighted by Crippen LogP contribution is -2.37. The second-order valence-electron chi connectivity index (χ2n) is 8.59. The predicted molar refractivity (Wildman–Crippen MR) is 123 cm³/mol. The summed E-state index contributed by atoms with van der Waals surface area (Å²) >= 11 is 0. The maximum Gasteiger partial charge on any atom is 0.339 e. The number of hydrogen-bond acceptors (Lipinski definition) is 8. The van der Waals surface area contributed by atoms with Crippen molar-refractivity contribution < 1.29 is 28.2 Å². The summed E-state index contributed by atoms with van der Waals surface area (Å²) in [6.45, 7) is 2.15. The lowest BCUT2D eigenvalue weighted by Gasteiger charge is -2.14. The number of hydrogen-bond donors (Lipinski definition) is 1. The predicted octanol–water partition coefficient (Wildman–Crippen LogP) is 3.29. The standard InChI is InChI=1S/C25H22N4O6/c1-14(24(30)27-16-5-6-16)35-25(31)17-10-19(20-3-2-8-32-20)28-23-18(17)11-26-29(23)12-15-4-7-21-22(9-15)34-13-33-21/h2-4,7-11,14,16H,5-6,12-13H2,1H3,(H,27,30)/t14-/m0/s1. The van der Waals surface area contributed by atoms with Gasteiger partial charge in [0.2, 0.25) is 6.79 Å². The summed E-state index contributed by atoms with van der Waals surface area (Å²) in [5.41, 5.74) is 2.12. The van der Waals surface area contributed by atoms with Gasteiger partial charge in [-0.3, -0.25) is 4.79 Å². The molecule has 1 amide bonds. The van der Waals surface area contributed by atoms with Crippen LogP contribution in [-0.4, -0.2) is 45.6 Å². The summed E-state index contributed by atoms with van der Waals surface area (Å²) in [6, 6.07) is 10.9. The van der Waals surface area contributed by atoms with E-state index < -0.39 is 12.1 Å². The Labute approximate surface area is 199 Å². The number of fused-ring (bicyclic) bond motifs is 2. The van der Waals surface area contributed by atoms with Crippen LogP contribution in [0.15, 0.2) is 53.3 Å². The van der Waals surface area contributed by atoms with E-state index in [0.717, 1.165) is 18.4 Å². The van der Waals surface area contributed by atoms with Crippen LogP contribution in [0.4, 0.5) is 0 Å². The van der Waals surface area contributed by atoms with Gasteiger partial charge in [0.05, 0.1) is 30.0 Å². The molecule has 35 heavy (non-hydrogen) atoms.